The number of nitrogens with zero attached hydrogens (tertiary/aromatic N) is 1. The molecule has 0 amide bonds. The van der Waals surface area contributed by atoms with E-state index in [1.54, 1.807) is 18.2 Å². The van der Waals surface area contributed by atoms with Gasteiger partial charge < -0.3 is 16.2 Å². The number of anilines is 2. The van der Waals surface area contributed by atoms with Gasteiger partial charge in [0.15, 0.2) is 0 Å². The first kappa shape index (κ1) is 11.3. The van der Waals surface area contributed by atoms with Crippen molar-refractivity contribution in [3.05, 3.63) is 23.8 Å². The summed E-state index contributed by atoms with van der Waals surface area (Å²) < 4.78 is 0. The molecular formula is C11H15N3O. The average molecular weight is 205 g/mol. The topological polar surface area (TPSA) is 82.1 Å². The number of nitrogens with two attached hydrogens (primary N) is 1. The van der Waals surface area contributed by atoms with E-state index in [-0.39, 0.29) is 6.61 Å². The van der Waals surface area contributed by atoms with Crippen molar-refractivity contribution in [3.63, 3.8) is 0 Å². The zero-order valence-electron chi connectivity index (χ0n) is 8.91. The van der Waals surface area contributed by atoms with Crippen LogP contribution in [0.15, 0.2) is 18.2 Å². The minimum absolute atomic E-state index is 0.0107. The Kier molecular flexibility index (Phi) is 3.17. The molecule has 4 nitrogen and oxygen atoms in total. The van der Waals surface area contributed by atoms with Gasteiger partial charge in [0.1, 0.15) is 6.07 Å². The molecule has 80 valence electrons. The van der Waals surface area contributed by atoms with Gasteiger partial charge in [-0.2, -0.15) is 5.26 Å². The third kappa shape index (κ3) is 2.61. The number of nitrogen functional groups attached to an aromatic ring is 1. The minimum atomic E-state index is -0.456. The van der Waals surface area contributed by atoms with Crippen LogP contribution in [0, 0.1) is 11.3 Å². The van der Waals surface area contributed by atoms with Crippen molar-refractivity contribution in [2.45, 2.75) is 19.4 Å². The number of nitriles is 1. The summed E-state index contributed by atoms with van der Waals surface area (Å²) in [4.78, 5) is 0. The standard InChI is InChI=1S/C11H15N3O/c1-11(2,7-15)14-9-5-3-4-8(6-12)10(9)13/h3-5,14-15H,7,13H2,1-2H3. The molecule has 0 saturated carbocycles. The third-order valence-corrected chi connectivity index (χ3v) is 2.09. The highest BCUT2D eigenvalue weighted by molar-refractivity contribution is 5.73. The number of hydrogen-bond acceptors (Lipinski definition) is 4. The molecular weight excluding hydrogens is 190 g/mol. The molecule has 0 aliphatic rings. The summed E-state index contributed by atoms with van der Waals surface area (Å²) in [5.41, 5.74) is 6.86. The molecule has 0 fully saturated rings. The Balaban J connectivity index is 3.02. The maximum Gasteiger partial charge on any atom is 0.101 e. The van der Waals surface area contributed by atoms with Crippen molar-refractivity contribution in [3.8, 4) is 6.07 Å². The molecule has 0 atom stereocenters. The lowest BCUT2D eigenvalue weighted by atomic mass is 10.1. The van der Waals surface area contributed by atoms with E-state index < -0.39 is 5.54 Å². The second kappa shape index (κ2) is 4.20. The molecule has 0 unspecified atom stereocenters. The predicted octanol–water partition coefficient (Wildman–Crippen LogP) is 1.32. The Bertz CT molecular complexity index is 393. The normalized spacial score (nSPS) is 10.8. The molecule has 0 aromatic heterocycles. The van der Waals surface area contributed by atoms with Gasteiger partial charge in [-0.15, -0.1) is 0 Å². The molecule has 0 radical (unpaired) electrons. The van der Waals surface area contributed by atoms with Gasteiger partial charge in [0.2, 0.25) is 0 Å². The zero-order chi connectivity index (χ0) is 11.5. The van der Waals surface area contributed by atoms with E-state index >= 15 is 0 Å². The fourth-order valence-corrected chi connectivity index (χ4v) is 1.18. The quantitative estimate of drug-likeness (QED) is 0.650. The highest BCUT2D eigenvalue weighted by Crippen LogP contribution is 2.24. The van der Waals surface area contributed by atoms with E-state index in [2.05, 4.69) is 5.32 Å². The van der Waals surface area contributed by atoms with Gasteiger partial charge in [0.05, 0.1) is 29.1 Å². The first-order valence-corrected chi connectivity index (χ1v) is 4.68. The van der Waals surface area contributed by atoms with Crippen LogP contribution in [0.4, 0.5) is 11.4 Å². The van der Waals surface area contributed by atoms with E-state index in [1.165, 1.54) is 0 Å². The van der Waals surface area contributed by atoms with Crippen LogP contribution in [-0.4, -0.2) is 17.3 Å². The number of benzene rings is 1. The Hall–Kier alpha value is -1.73. The van der Waals surface area contributed by atoms with Crippen LogP contribution >= 0.6 is 0 Å². The molecule has 1 rings (SSSR count). The highest BCUT2D eigenvalue weighted by atomic mass is 16.3. The molecule has 0 aliphatic heterocycles. The fraction of sp³-hybridized carbons (Fsp3) is 0.364. The van der Waals surface area contributed by atoms with E-state index in [1.807, 2.05) is 19.9 Å². The number of rotatable bonds is 3. The summed E-state index contributed by atoms with van der Waals surface area (Å²) in [6.07, 6.45) is 0. The van der Waals surface area contributed by atoms with Crippen LogP contribution in [0.25, 0.3) is 0 Å². The summed E-state index contributed by atoms with van der Waals surface area (Å²) in [7, 11) is 0. The average Bonchev–Trinajstić information content (AvgIpc) is 2.21. The Morgan fingerprint density at radius 2 is 2.20 bits per heavy atom. The monoisotopic (exact) mass is 205 g/mol. The maximum atomic E-state index is 9.10. The zero-order valence-corrected chi connectivity index (χ0v) is 8.91. The van der Waals surface area contributed by atoms with E-state index in [0.717, 1.165) is 0 Å². The maximum absolute atomic E-state index is 9.10. The van der Waals surface area contributed by atoms with E-state index in [4.69, 9.17) is 16.1 Å². The minimum Gasteiger partial charge on any atom is -0.396 e. The smallest absolute Gasteiger partial charge is 0.101 e. The Labute approximate surface area is 89.3 Å². The Morgan fingerprint density at radius 3 is 2.73 bits per heavy atom. The summed E-state index contributed by atoms with van der Waals surface area (Å²) >= 11 is 0. The summed E-state index contributed by atoms with van der Waals surface area (Å²) in [6.45, 7) is 3.69. The molecule has 4 N–H and O–H groups in total. The first-order chi connectivity index (χ1) is 7.00. The predicted molar refractivity (Wildman–Crippen MR) is 60.4 cm³/mol. The van der Waals surface area contributed by atoms with Gasteiger partial charge in [-0.05, 0) is 26.0 Å². The molecule has 0 bridgehead atoms. The van der Waals surface area contributed by atoms with E-state index in [0.29, 0.717) is 16.9 Å². The van der Waals surface area contributed by atoms with Gasteiger partial charge in [0, 0.05) is 0 Å². The number of para-hydroxylation sites is 1. The molecule has 0 spiro atoms. The molecule has 1 aromatic carbocycles. The lowest BCUT2D eigenvalue weighted by Crippen LogP contribution is -2.35. The highest BCUT2D eigenvalue weighted by Gasteiger charge is 2.17. The van der Waals surface area contributed by atoms with Crippen LogP contribution in [0.2, 0.25) is 0 Å². The van der Waals surface area contributed by atoms with Gasteiger partial charge in [-0.25, -0.2) is 0 Å². The van der Waals surface area contributed by atoms with Crippen molar-refractivity contribution in [2.75, 3.05) is 17.7 Å². The second-order valence-electron chi connectivity index (χ2n) is 4.05. The van der Waals surface area contributed by atoms with Crippen LogP contribution in [-0.2, 0) is 0 Å². The SMILES string of the molecule is CC(C)(CO)Nc1cccc(C#N)c1N. The first-order valence-electron chi connectivity index (χ1n) is 4.68. The third-order valence-electron chi connectivity index (χ3n) is 2.09. The number of nitrogens with one attached hydrogen (secondary N) is 1. The number of aliphatic hydroxyl groups excluding tert-OH is 1. The van der Waals surface area contributed by atoms with Gasteiger partial charge in [-0.1, -0.05) is 6.07 Å². The van der Waals surface area contributed by atoms with Gasteiger partial charge in [-0.3, -0.25) is 0 Å². The van der Waals surface area contributed by atoms with Crippen LogP contribution in [0.5, 0.6) is 0 Å². The van der Waals surface area contributed by atoms with Gasteiger partial charge in [0.25, 0.3) is 0 Å². The fourth-order valence-electron chi connectivity index (χ4n) is 1.18. The molecule has 0 heterocycles. The Morgan fingerprint density at radius 1 is 1.53 bits per heavy atom. The number of aliphatic hydroxyl groups is 1. The largest absolute Gasteiger partial charge is 0.396 e. The van der Waals surface area contributed by atoms with Crippen molar-refractivity contribution in [2.24, 2.45) is 0 Å². The molecule has 4 heteroatoms. The molecule has 15 heavy (non-hydrogen) atoms. The van der Waals surface area contributed by atoms with Crippen molar-refractivity contribution in [1.82, 2.24) is 0 Å². The van der Waals surface area contributed by atoms with E-state index in [9.17, 15) is 0 Å². The summed E-state index contributed by atoms with van der Waals surface area (Å²) in [5, 5.41) is 21.0. The van der Waals surface area contributed by atoms with Crippen molar-refractivity contribution in [1.29, 1.82) is 5.26 Å². The van der Waals surface area contributed by atoms with Crippen LogP contribution in [0.3, 0.4) is 0 Å². The van der Waals surface area contributed by atoms with Gasteiger partial charge >= 0.3 is 0 Å². The lowest BCUT2D eigenvalue weighted by molar-refractivity contribution is 0.234. The summed E-state index contributed by atoms with van der Waals surface area (Å²) in [6, 6.07) is 7.21. The van der Waals surface area contributed by atoms with Crippen molar-refractivity contribution < 1.29 is 5.11 Å². The number of hydrogen-bond donors (Lipinski definition) is 3. The van der Waals surface area contributed by atoms with Crippen molar-refractivity contribution >= 4 is 11.4 Å². The molecule has 0 saturated heterocycles. The second-order valence-corrected chi connectivity index (χ2v) is 4.05. The summed E-state index contributed by atoms with van der Waals surface area (Å²) in [5.74, 6) is 0. The molecule has 0 aliphatic carbocycles. The van der Waals surface area contributed by atoms with Crippen LogP contribution < -0.4 is 11.1 Å². The lowest BCUT2D eigenvalue weighted by Gasteiger charge is -2.25. The van der Waals surface area contributed by atoms with Crippen LogP contribution in [0.1, 0.15) is 19.4 Å². The molecule has 1 aromatic rings.